The molecule has 0 amide bonds. The second-order valence-electron chi connectivity index (χ2n) is 5.81. The zero-order chi connectivity index (χ0) is 15.0. The van der Waals surface area contributed by atoms with E-state index in [1.807, 2.05) is 26.2 Å². The van der Waals surface area contributed by atoms with Crippen LogP contribution in [-0.4, -0.2) is 19.9 Å². The van der Waals surface area contributed by atoms with Gasteiger partial charge in [-0.05, 0) is 54.3 Å². The lowest BCUT2D eigenvalue weighted by atomic mass is 10.0. The number of carbonyl (C=O) groups excluding carboxylic acids is 1. The average molecular weight is 300 g/mol. The van der Waals surface area contributed by atoms with Gasteiger partial charge in [-0.3, -0.25) is 4.79 Å². The number of benzene rings is 2. The highest BCUT2D eigenvalue weighted by Gasteiger charge is 2.43. The number of ketones is 1. The summed E-state index contributed by atoms with van der Waals surface area (Å²) in [7, 11) is 4.05. The molecule has 1 saturated carbocycles. The molecule has 0 heterocycles. The van der Waals surface area contributed by atoms with E-state index in [0.29, 0.717) is 10.9 Å². The lowest BCUT2D eigenvalue weighted by Gasteiger charge is -2.12. The number of hydrogen-bond acceptors (Lipinski definition) is 2. The van der Waals surface area contributed by atoms with Crippen LogP contribution in [0.25, 0.3) is 0 Å². The molecule has 2 atom stereocenters. The van der Waals surface area contributed by atoms with Gasteiger partial charge in [-0.2, -0.15) is 0 Å². The third-order valence-electron chi connectivity index (χ3n) is 4.09. The fraction of sp³-hybridized carbons (Fsp3) is 0.278. The molecule has 1 fully saturated rings. The highest BCUT2D eigenvalue weighted by molar-refractivity contribution is 6.30. The van der Waals surface area contributed by atoms with Gasteiger partial charge in [0.2, 0.25) is 0 Å². The van der Waals surface area contributed by atoms with Gasteiger partial charge < -0.3 is 4.90 Å². The van der Waals surface area contributed by atoms with Gasteiger partial charge in [-0.15, -0.1) is 0 Å². The maximum absolute atomic E-state index is 12.4. The summed E-state index contributed by atoms with van der Waals surface area (Å²) in [6.45, 7) is 0. The number of Topliss-reactive ketones (excluding diaryl/α,β-unsaturated/α-hetero) is 1. The van der Waals surface area contributed by atoms with Crippen molar-refractivity contribution in [2.24, 2.45) is 5.92 Å². The number of hydrogen-bond donors (Lipinski definition) is 0. The van der Waals surface area contributed by atoms with Gasteiger partial charge in [0.05, 0.1) is 0 Å². The van der Waals surface area contributed by atoms with Gasteiger partial charge in [-0.25, -0.2) is 0 Å². The number of anilines is 1. The molecular formula is C18H18ClNO. The second kappa shape index (κ2) is 5.53. The fourth-order valence-electron chi connectivity index (χ4n) is 2.70. The second-order valence-corrected chi connectivity index (χ2v) is 6.24. The first kappa shape index (κ1) is 14.2. The zero-order valence-corrected chi connectivity index (χ0v) is 13.0. The molecule has 1 aliphatic carbocycles. The Labute approximate surface area is 130 Å². The molecule has 0 spiro atoms. The summed E-state index contributed by atoms with van der Waals surface area (Å²) < 4.78 is 0. The predicted octanol–water partition coefficient (Wildman–Crippen LogP) is 4.39. The summed E-state index contributed by atoms with van der Waals surface area (Å²) in [6.07, 6.45) is 0.947. The smallest absolute Gasteiger partial charge is 0.166 e. The van der Waals surface area contributed by atoms with Crippen LogP contribution in [0.3, 0.4) is 0 Å². The minimum atomic E-state index is 0.122. The molecule has 0 bridgehead atoms. The first-order chi connectivity index (χ1) is 10.1. The molecule has 2 nitrogen and oxygen atoms in total. The third-order valence-corrected chi connectivity index (χ3v) is 4.35. The van der Waals surface area contributed by atoms with Crippen molar-refractivity contribution in [2.75, 3.05) is 19.0 Å². The lowest BCUT2D eigenvalue weighted by Crippen LogP contribution is -2.08. The molecule has 0 aliphatic heterocycles. The molecular weight excluding hydrogens is 282 g/mol. The molecule has 0 radical (unpaired) electrons. The molecule has 0 N–H and O–H groups in total. The maximum atomic E-state index is 12.4. The highest BCUT2D eigenvalue weighted by Crippen LogP contribution is 2.49. The topological polar surface area (TPSA) is 20.3 Å². The maximum Gasteiger partial charge on any atom is 0.166 e. The van der Waals surface area contributed by atoms with E-state index in [4.69, 9.17) is 11.6 Å². The van der Waals surface area contributed by atoms with Crippen LogP contribution in [0.1, 0.15) is 28.3 Å². The molecule has 0 aromatic heterocycles. The number of rotatable bonds is 4. The first-order valence-electron chi connectivity index (χ1n) is 7.13. The Balaban J connectivity index is 1.71. The Morgan fingerprint density at radius 1 is 1.05 bits per heavy atom. The number of nitrogens with zero attached hydrogens (tertiary/aromatic N) is 1. The van der Waals surface area contributed by atoms with Crippen LogP contribution in [0.2, 0.25) is 5.02 Å². The molecule has 3 rings (SSSR count). The quantitative estimate of drug-likeness (QED) is 0.780. The van der Waals surface area contributed by atoms with Crippen LogP contribution < -0.4 is 4.90 Å². The van der Waals surface area contributed by atoms with E-state index in [1.165, 1.54) is 11.3 Å². The van der Waals surface area contributed by atoms with Crippen molar-refractivity contribution in [3.63, 3.8) is 0 Å². The fourth-order valence-corrected chi connectivity index (χ4v) is 2.83. The Bertz CT molecular complexity index is 646. The summed E-state index contributed by atoms with van der Waals surface area (Å²) in [6, 6.07) is 15.7. The number of carbonyl (C=O) groups is 1. The van der Waals surface area contributed by atoms with Crippen LogP contribution >= 0.6 is 11.6 Å². The number of halogens is 1. The molecule has 2 aromatic carbocycles. The van der Waals surface area contributed by atoms with Crippen molar-refractivity contribution >= 4 is 23.1 Å². The van der Waals surface area contributed by atoms with Gasteiger partial charge in [0.1, 0.15) is 0 Å². The molecule has 3 heteroatoms. The normalized spacial score (nSPS) is 20.1. The standard InChI is InChI=1S/C18H18ClNO/c1-20(2)15-9-5-12(6-10-15)16-11-17(16)18(21)13-3-7-14(19)8-4-13/h3-10,16-17H,11H2,1-2H3/t16-,17-/m0/s1. The molecule has 108 valence electrons. The summed E-state index contributed by atoms with van der Waals surface area (Å²) in [4.78, 5) is 14.5. The molecule has 0 saturated heterocycles. The average Bonchev–Trinajstić information content (AvgIpc) is 3.28. The summed E-state index contributed by atoms with van der Waals surface area (Å²) in [5.74, 6) is 0.717. The van der Waals surface area contributed by atoms with E-state index in [0.717, 1.165) is 12.0 Å². The summed E-state index contributed by atoms with van der Waals surface area (Å²) >= 11 is 5.86. The molecule has 2 aromatic rings. The van der Waals surface area contributed by atoms with E-state index in [2.05, 4.69) is 29.2 Å². The predicted molar refractivity (Wildman–Crippen MR) is 87.4 cm³/mol. The van der Waals surface area contributed by atoms with Gasteiger partial charge in [0.25, 0.3) is 0 Å². The largest absolute Gasteiger partial charge is 0.378 e. The van der Waals surface area contributed by atoms with Crippen molar-refractivity contribution in [1.82, 2.24) is 0 Å². The van der Waals surface area contributed by atoms with Crippen LogP contribution in [0.5, 0.6) is 0 Å². The van der Waals surface area contributed by atoms with Crippen molar-refractivity contribution in [2.45, 2.75) is 12.3 Å². The van der Waals surface area contributed by atoms with Gasteiger partial charge in [0.15, 0.2) is 5.78 Å². The molecule has 0 unspecified atom stereocenters. The van der Waals surface area contributed by atoms with E-state index in [-0.39, 0.29) is 11.7 Å². The highest BCUT2D eigenvalue weighted by atomic mass is 35.5. The van der Waals surface area contributed by atoms with Gasteiger partial charge in [-0.1, -0.05) is 23.7 Å². The Morgan fingerprint density at radius 3 is 2.24 bits per heavy atom. The minimum absolute atomic E-state index is 0.122. The van der Waals surface area contributed by atoms with E-state index in [9.17, 15) is 4.79 Å². The van der Waals surface area contributed by atoms with Crippen molar-refractivity contribution < 1.29 is 4.79 Å². The van der Waals surface area contributed by atoms with E-state index < -0.39 is 0 Å². The third kappa shape index (κ3) is 2.96. The minimum Gasteiger partial charge on any atom is -0.378 e. The molecule has 21 heavy (non-hydrogen) atoms. The van der Waals surface area contributed by atoms with Gasteiger partial charge in [0, 0.05) is 36.3 Å². The van der Waals surface area contributed by atoms with Crippen LogP contribution in [0, 0.1) is 5.92 Å². The van der Waals surface area contributed by atoms with Crippen LogP contribution in [-0.2, 0) is 0 Å². The Morgan fingerprint density at radius 2 is 1.67 bits per heavy atom. The van der Waals surface area contributed by atoms with Crippen LogP contribution in [0.15, 0.2) is 48.5 Å². The Hall–Kier alpha value is -1.80. The van der Waals surface area contributed by atoms with Crippen LogP contribution in [0.4, 0.5) is 5.69 Å². The van der Waals surface area contributed by atoms with E-state index >= 15 is 0 Å². The van der Waals surface area contributed by atoms with E-state index in [1.54, 1.807) is 12.1 Å². The van der Waals surface area contributed by atoms with Crippen molar-refractivity contribution in [3.05, 3.63) is 64.7 Å². The Kier molecular flexibility index (Phi) is 3.73. The lowest BCUT2D eigenvalue weighted by molar-refractivity contribution is 0.0965. The summed E-state index contributed by atoms with van der Waals surface area (Å²) in [5.41, 5.74) is 3.20. The monoisotopic (exact) mass is 299 g/mol. The van der Waals surface area contributed by atoms with Crippen molar-refractivity contribution in [1.29, 1.82) is 0 Å². The van der Waals surface area contributed by atoms with Crippen molar-refractivity contribution in [3.8, 4) is 0 Å². The SMILES string of the molecule is CN(C)c1ccc([C@@H]2C[C@@H]2C(=O)c2ccc(Cl)cc2)cc1. The summed E-state index contributed by atoms with van der Waals surface area (Å²) in [5, 5.41) is 0.665. The zero-order valence-electron chi connectivity index (χ0n) is 12.2. The first-order valence-corrected chi connectivity index (χ1v) is 7.51. The molecule has 1 aliphatic rings. The van der Waals surface area contributed by atoms with Gasteiger partial charge >= 0.3 is 0 Å².